The molecule has 0 spiro atoms. The van der Waals surface area contributed by atoms with Gasteiger partial charge in [-0.2, -0.15) is 0 Å². The van der Waals surface area contributed by atoms with Gasteiger partial charge < -0.3 is 0 Å². The van der Waals surface area contributed by atoms with Gasteiger partial charge in [0.25, 0.3) is 0 Å². The van der Waals surface area contributed by atoms with Crippen molar-refractivity contribution in [3.05, 3.63) is 35.9 Å². The molecule has 2 atom stereocenters. The second kappa shape index (κ2) is 9.67. The van der Waals surface area contributed by atoms with E-state index in [4.69, 9.17) is 15.6 Å². The zero-order chi connectivity index (χ0) is 18.2. The summed E-state index contributed by atoms with van der Waals surface area (Å²) in [6, 6.07) is 8.89. The van der Waals surface area contributed by atoms with Gasteiger partial charge in [-0.3, -0.25) is 0 Å². The standard InChI is InChI=1S/C17H26N2O4Se/c1-17(2,3)23-16(22)19-13(9-12-7-5-4-6-8-12)10-24-11-14(18)15(20)21/h4-8,13-14H,9-11,18H2,1-3H3,(H,19,22)(H,20,21)/t13-,14-/m0/s1. The monoisotopic (exact) mass is 402 g/mol. The summed E-state index contributed by atoms with van der Waals surface area (Å²) in [5, 5.41) is 12.9. The summed E-state index contributed by atoms with van der Waals surface area (Å²) in [7, 11) is 0. The Kier molecular flexibility index (Phi) is 8.25. The predicted octanol–water partition coefficient (Wildman–Crippen LogP) is 2.08. The molecule has 0 aromatic heterocycles. The SMILES string of the molecule is CC(C)(C)OC(=O)N[C@H](C[Se]C[C@H](N)C(=O)O)Cc1ccccc1. The summed E-state index contributed by atoms with van der Waals surface area (Å²) in [5.74, 6) is -0.989. The maximum absolute atomic E-state index is 12.0. The summed E-state index contributed by atoms with van der Waals surface area (Å²) >= 11 is 0.0201. The van der Waals surface area contributed by atoms with Crippen LogP contribution in [0.1, 0.15) is 26.3 Å². The number of carboxylic acids is 1. The maximum atomic E-state index is 12.0. The first kappa shape index (κ1) is 20.5. The number of carbonyl (C=O) groups excluding carboxylic acids is 1. The number of alkyl carbamates (subject to hydrolysis) is 1. The van der Waals surface area contributed by atoms with Crippen molar-refractivity contribution in [3.8, 4) is 0 Å². The number of nitrogens with two attached hydrogens (primary N) is 1. The van der Waals surface area contributed by atoms with Gasteiger partial charge in [0.2, 0.25) is 0 Å². The third-order valence-corrected chi connectivity index (χ3v) is 5.57. The molecule has 4 N–H and O–H groups in total. The van der Waals surface area contributed by atoms with Gasteiger partial charge in [-0.1, -0.05) is 0 Å². The van der Waals surface area contributed by atoms with Crippen molar-refractivity contribution in [2.45, 2.75) is 55.5 Å². The van der Waals surface area contributed by atoms with Crippen molar-refractivity contribution in [1.82, 2.24) is 5.32 Å². The van der Waals surface area contributed by atoms with Crippen molar-refractivity contribution in [2.75, 3.05) is 0 Å². The number of hydrogen-bond donors (Lipinski definition) is 3. The number of hydrogen-bond acceptors (Lipinski definition) is 4. The van der Waals surface area contributed by atoms with Gasteiger partial charge in [-0.05, 0) is 0 Å². The third kappa shape index (κ3) is 8.91. The van der Waals surface area contributed by atoms with Crippen LogP contribution >= 0.6 is 0 Å². The van der Waals surface area contributed by atoms with Gasteiger partial charge in [0.15, 0.2) is 0 Å². The van der Waals surface area contributed by atoms with E-state index in [0.717, 1.165) is 5.56 Å². The fraction of sp³-hybridized carbons (Fsp3) is 0.529. The van der Waals surface area contributed by atoms with Crippen molar-refractivity contribution < 1.29 is 19.4 Å². The number of amides is 1. The molecule has 0 aliphatic rings. The van der Waals surface area contributed by atoms with Crippen LogP contribution in [0.4, 0.5) is 4.79 Å². The van der Waals surface area contributed by atoms with Crippen LogP contribution < -0.4 is 11.1 Å². The van der Waals surface area contributed by atoms with E-state index >= 15 is 0 Å². The van der Waals surface area contributed by atoms with E-state index in [1.807, 2.05) is 51.1 Å². The zero-order valence-electron chi connectivity index (χ0n) is 14.3. The molecule has 0 aliphatic carbocycles. The van der Waals surface area contributed by atoms with Crippen LogP contribution in [0.3, 0.4) is 0 Å². The average Bonchev–Trinajstić information content (AvgIpc) is 2.45. The molecule has 1 aromatic carbocycles. The van der Waals surface area contributed by atoms with E-state index in [1.54, 1.807) is 0 Å². The number of benzene rings is 1. The first-order chi connectivity index (χ1) is 11.2. The first-order valence-electron chi connectivity index (χ1n) is 7.77. The summed E-state index contributed by atoms with van der Waals surface area (Å²) < 4.78 is 5.31. The van der Waals surface area contributed by atoms with Crippen molar-refractivity contribution in [1.29, 1.82) is 0 Å². The number of ether oxygens (including phenoxy) is 1. The quantitative estimate of drug-likeness (QED) is 0.579. The van der Waals surface area contributed by atoms with E-state index < -0.39 is 23.7 Å². The van der Waals surface area contributed by atoms with Gasteiger partial charge in [-0.25, -0.2) is 0 Å². The Morgan fingerprint density at radius 2 is 1.88 bits per heavy atom. The number of carboxylic acid groups (broad SMARTS) is 1. The van der Waals surface area contributed by atoms with E-state index in [9.17, 15) is 9.59 Å². The van der Waals surface area contributed by atoms with Gasteiger partial charge in [0.1, 0.15) is 0 Å². The molecule has 1 amide bonds. The molecule has 0 saturated heterocycles. The van der Waals surface area contributed by atoms with Gasteiger partial charge in [0, 0.05) is 0 Å². The van der Waals surface area contributed by atoms with Crippen LogP contribution in [0.2, 0.25) is 10.6 Å². The van der Waals surface area contributed by atoms with Crippen molar-refractivity contribution >= 4 is 27.0 Å². The number of rotatable bonds is 8. The third-order valence-electron chi connectivity index (χ3n) is 2.98. The molecule has 0 saturated carbocycles. The van der Waals surface area contributed by atoms with Crippen LogP contribution in [0.5, 0.6) is 0 Å². The number of carbonyl (C=O) groups is 2. The fourth-order valence-electron chi connectivity index (χ4n) is 1.93. The Morgan fingerprint density at radius 1 is 1.25 bits per heavy atom. The summed E-state index contributed by atoms with van der Waals surface area (Å²) in [4.78, 5) is 22.8. The molecule has 6 nitrogen and oxygen atoms in total. The Morgan fingerprint density at radius 3 is 2.42 bits per heavy atom. The average molecular weight is 401 g/mol. The molecule has 0 aliphatic heterocycles. The van der Waals surface area contributed by atoms with Crippen LogP contribution in [0.25, 0.3) is 0 Å². The molecule has 0 radical (unpaired) electrons. The van der Waals surface area contributed by atoms with Crippen molar-refractivity contribution in [3.63, 3.8) is 0 Å². The molecular formula is C17H26N2O4Se. The minimum absolute atomic E-state index is 0.0201. The molecule has 0 fully saturated rings. The zero-order valence-corrected chi connectivity index (χ0v) is 16.0. The molecular weight excluding hydrogens is 375 g/mol. The normalized spacial score (nSPS) is 13.8. The molecule has 7 heteroatoms. The second-order valence-corrected chi connectivity index (χ2v) is 8.77. The molecule has 1 aromatic rings. The summed E-state index contributed by atoms with van der Waals surface area (Å²) in [6.45, 7) is 5.44. The first-order valence-corrected chi connectivity index (χ1v) is 10.2. The molecule has 1 rings (SSSR count). The van der Waals surface area contributed by atoms with Crippen LogP contribution in [-0.2, 0) is 16.0 Å². The molecule has 0 heterocycles. The van der Waals surface area contributed by atoms with Crippen LogP contribution in [0.15, 0.2) is 30.3 Å². The van der Waals surface area contributed by atoms with Crippen LogP contribution in [-0.4, -0.2) is 49.8 Å². The molecule has 24 heavy (non-hydrogen) atoms. The molecule has 134 valence electrons. The van der Waals surface area contributed by atoms with Crippen LogP contribution in [0, 0.1) is 0 Å². The summed E-state index contributed by atoms with van der Waals surface area (Å²) in [5.41, 5.74) is 6.09. The van der Waals surface area contributed by atoms with E-state index in [2.05, 4.69) is 5.32 Å². The Bertz CT molecular complexity index is 531. The number of aliphatic carboxylic acids is 1. The predicted molar refractivity (Wildman–Crippen MR) is 94.3 cm³/mol. The molecule has 0 bridgehead atoms. The second-order valence-electron chi connectivity index (χ2n) is 6.52. The Balaban J connectivity index is 2.61. The molecule has 0 unspecified atom stereocenters. The van der Waals surface area contributed by atoms with Gasteiger partial charge in [0.05, 0.1) is 0 Å². The van der Waals surface area contributed by atoms with E-state index in [1.165, 1.54) is 0 Å². The minimum atomic E-state index is -0.989. The fourth-order valence-corrected chi connectivity index (χ4v) is 4.07. The Labute approximate surface area is 149 Å². The Hall–Kier alpha value is -1.56. The number of nitrogens with one attached hydrogen (secondary N) is 1. The topological polar surface area (TPSA) is 102 Å². The van der Waals surface area contributed by atoms with E-state index in [0.29, 0.717) is 17.1 Å². The van der Waals surface area contributed by atoms with Crippen molar-refractivity contribution in [2.24, 2.45) is 5.73 Å². The van der Waals surface area contributed by atoms with E-state index in [-0.39, 0.29) is 21.0 Å². The van der Waals surface area contributed by atoms with Gasteiger partial charge in [-0.15, -0.1) is 0 Å². The van der Waals surface area contributed by atoms with Gasteiger partial charge >= 0.3 is 149 Å². The summed E-state index contributed by atoms with van der Waals surface area (Å²) in [6.07, 6.45) is 0.214.